The number of benzene rings is 2. The van der Waals surface area contributed by atoms with Gasteiger partial charge in [-0.15, -0.1) is 0 Å². The van der Waals surface area contributed by atoms with Gasteiger partial charge < -0.3 is 4.74 Å². The minimum absolute atomic E-state index is 0.255. The Bertz CT molecular complexity index is 554. The van der Waals surface area contributed by atoms with Gasteiger partial charge >= 0.3 is 5.97 Å². The number of hydrogen-bond donors (Lipinski definition) is 0. The van der Waals surface area contributed by atoms with Crippen molar-refractivity contribution < 1.29 is 9.53 Å². The Morgan fingerprint density at radius 1 is 1.05 bits per heavy atom. The molecule has 0 spiro atoms. The number of aryl methyl sites for hydroxylation is 1. The molecule has 96 valence electrons. The first kappa shape index (κ1) is 13.1. The van der Waals surface area contributed by atoms with Crippen molar-refractivity contribution in [2.75, 3.05) is 0 Å². The molecule has 0 atom stereocenters. The molecule has 0 aliphatic rings. The number of ether oxygens (including phenoxy) is 1. The lowest BCUT2D eigenvalue weighted by Crippen LogP contribution is -2.05. The summed E-state index contributed by atoms with van der Waals surface area (Å²) in [6, 6.07) is 17.2. The van der Waals surface area contributed by atoms with E-state index in [4.69, 9.17) is 4.74 Å². The van der Waals surface area contributed by atoms with E-state index in [9.17, 15) is 4.79 Å². The highest BCUT2D eigenvalue weighted by Gasteiger charge is 2.01. The van der Waals surface area contributed by atoms with Crippen LogP contribution in [0, 0.1) is 6.92 Å². The van der Waals surface area contributed by atoms with Gasteiger partial charge in [0.25, 0.3) is 0 Å². The van der Waals surface area contributed by atoms with Crippen LogP contribution in [0.1, 0.15) is 17.5 Å². The van der Waals surface area contributed by atoms with Crippen molar-refractivity contribution in [3.8, 4) is 5.75 Å². The van der Waals surface area contributed by atoms with Crippen LogP contribution in [-0.2, 0) is 4.79 Å². The molecule has 0 aliphatic carbocycles. The van der Waals surface area contributed by atoms with E-state index in [-0.39, 0.29) is 12.4 Å². The van der Waals surface area contributed by atoms with E-state index in [1.807, 2.05) is 61.5 Å². The molecule has 0 saturated heterocycles. The Hall–Kier alpha value is -2.35. The fourth-order valence-electron chi connectivity index (χ4n) is 1.63. The van der Waals surface area contributed by atoms with Gasteiger partial charge in [0.05, 0.1) is 6.42 Å². The van der Waals surface area contributed by atoms with Crippen LogP contribution >= 0.6 is 0 Å². The molecule has 0 amide bonds. The van der Waals surface area contributed by atoms with Gasteiger partial charge in [0.2, 0.25) is 0 Å². The van der Waals surface area contributed by atoms with Gasteiger partial charge in [-0.25, -0.2) is 0 Å². The van der Waals surface area contributed by atoms with E-state index in [0.717, 1.165) is 5.56 Å². The Morgan fingerprint density at radius 2 is 1.74 bits per heavy atom. The predicted octanol–water partition coefficient (Wildman–Crippen LogP) is 4.00. The summed E-state index contributed by atoms with van der Waals surface area (Å²) in [6.45, 7) is 2.05. The highest BCUT2D eigenvalue weighted by atomic mass is 16.5. The highest BCUT2D eigenvalue weighted by Crippen LogP contribution is 2.10. The van der Waals surface area contributed by atoms with Gasteiger partial charge in [-0.1, -0.05) is 60.2 Å². The van der Waals surface area contributed by atoms with Crippen LogP contribution in [0.3, 0.4) is 0 Å². The molecule has 19 heavy (non-hydrogen) atoms. The lowest BCUT2D eigenvalue weighted by atomic mass is 10.1. The van der Waals surface area contributed by atoms with Crippen molar-refractivity contribution in [3.05, 3.63) is 71.8 Å². The Labute approximate surface area is 113 Å². The molecule has 0 unspecified atom stereocenters. The van der Waals surface area contributed by atoms with E-state index in [1.54, 1.807) is 12.1 Å². The van der Waals surface area contributed by atoms with E-state index in [0.29, 0.717) is 5.75 Å². The van der Waals surface area contributed by atoms with E-state index in [2.05, 4.69) is 0 Å². The Morgan fingerprint density at radius 3 is 2.42 bits per heavy atom. The number of carbonyl (C=O) groups excluding carboxylic acids is 1. The maximum absolute atomic E-state index is 11.6. The quantitative estimate of drug-likeness (QED) is 0.607. The minimum atomic E-state index is -0.255. The second-order valence-corrected chi connectivity index (χ2v) is 4.30. The fraction of sp³-hybridized carbons (Fsp3) is 0.118. The van der Waals surface area contributed by atoms with Gasteiger partial charge in [-0.3, -0.25) is 4.79 Å². The molecule has 0 N–H and O–H groups in total. The first-order valence-corrected chi connectivity index (χ1v) is 6.23. The summed E-state index contributed by atoms with van der Waals surface area (Å²) in [5, 5.41) is 0. The van der Waals surface area contributed by atoms with Crippen LogP contribution in [0.2, 0.25) is 0 Å². The van der Waals surface area contributed by atoms with Crippen molar-refractivity contribution in [1.82, 2.24) is 0 Å². The molecule has 0 radical (unpaired) electrons. The van der Waals surface area contributed by atoms with Crippen LogP contribution in [0.4, 0.5) is 0 Å². The first-order valence-electron chi connectivity index (χ1n) is 6.23. The predicted molar refractivity (Wildman–Crippen MR) is 76.9 cm³/mol. The fourth-order valence-corrected chi connectivity index (χ4v) is 1.63. The maximum atomic E-state index is 11.6. The second-order valence-electron chi connectivity index (χ2n) is 4.30. The molecule has 0 saturated carbocycles. The van der Waals surface area contributed by atoms with Crippen molar-refractivity contribution >= 4 is 12.0 Å². The summed E-state index contributed by atoms with van der Waals surface area (Å²) >= 11 is 0. The monoisotopic (exact) mass is 252 g/mol. The summed E-state index contributed by atoms with van der Waals surface area (Å²) < 4.78 is 5.18. The molecule has 0 aromatic heterocycles. The lowest BCUT2D eigenvalue weighted by molar-refractivity contribution is -0.133. The van der Waals surface area contributed by atoms with Gasteiger partial charge in [0, 0.05) is 0 Å². The molecular weight excluding hydrogens is 236 g/mol. The zero-order valence-electron chi connectivity index (χ0n) is 10.9. The van der Waals surface area contributed by atoms with Crippen molar-refractivity contribution in [2.45, 2.75) is 13.3 Å². The molecule has 0 bridgehead atoms. The maximum Gasteiger partial charge on any atom is 0.315 e. The normalized spacial score (nSPS) is 10.6. The summed E-state index contributed by atoms with van der Waals surface area (Å²) in [7, 11) is 0. The van der Waals surface area contributed by atoms with Crippen LogP contribution in [0.25, 0.3) is 6.08 Å². The largest absolute Gasteiger partial charge is 0.426 e. The molecule has 0 fully saturated rings. The standard InChI is InChI=1S/C17H16O2/c1-14-10-12-15(13-11-14)6-5-9-17(18)19-16-7-3-2-4-8-16/h2-8,10-13H,9H2,1H3/b6-5+. The van der Waals surface area contributed by atoms with Crippen molar-refractivity contribution in [2.24, 2.45) is 0 Å². The number of esters is 1. The first-order chi connectivity index (χ1) is 9.24. The summed E-state index contributed by atoms with van der Waals surface area (Å²) in [6.07, 6.45) is 4.00. The number of carbonyl (C=O) groups is 1. The SMILES string of the molecule is Cc1ccc(/C=C/CC(=O)Oc2ccccc2)cc1. The molecule has 2 rings (SSSR count). The number of rotatable bonds is 4. The van der Waals surface area contributed by atoms with Crippen LogP contribution in [0.5, 0.6) is 5.75 Å². The van der Waals surface area contributed by atoms with Gasteiger partial charge in [0.1, 0.15) is 5.75 Å². The molecule has 0 heterocycles. The number of para-hydroxylation sites is 1. The van der Waals surface area contributed by atoms with Crippen molar-refractivity contribution in [1.29, 1.82) is 0 Å². The third-order valence-electron chi connectivity index (χ3n) is 2.65. The van der Waals surface area contributed by atoms with Gasteiger partial charge in [-0.05, 0) is 24.6 Å². The summed E-state index contributed by atoms with van der Waals surface area (Å²) in [4.78, 5) is 11.6. The van der Waals surface area contributed by atoms with E-state index < -0.39 is 0 Å². The number of hydrogen-bond acceptors (Lipinski definition) is 2. The topological polar surface area (TPSA) is 26.3 Å². The van der Waals surface area contributed by atoms with Crippen LogP contribution in [-0.4, -0.2) is 5.97 Å². The summed E-state index contributed by atoms with van der Waals surface area (Å²) in [5.41, 5.74) is 2.30. The minimum Gasteiger partial charge on any atom is -0.426 e. The van der Waals surface area contributed by atoms with Gasteiger partial charge in [-0.2, -0.15) is 0 Å². The highest BCUT2D eigenvalue weighted by molar-refractivity contribution is 5.75. The van der Waals surface area contributed by atoms with Crippen LogP contribution in [0.15, 0.2) is 60.7 Å². The van der Waals surface area contributed by atoms with Crippen LogP contribution < -0.4 is 4.74 Å². The molecule has 2 aromatic rings. The third kappa shape index (κ3) is 4.43. The average molecular weight is 252 g/mol. The molecule has 2 aromatic carbocycles. The van der Waals surface area contributed by atoms with Gasteiger partial charge in [0.15, 0.2) is 0 Å². The zero-order valence-corrected chi connectivity index (χ0v) is 10.9. The molecule has 2 nitrogen and oxygen atoms in total. The zero-order chi connectivity index (χ0) is 13.5. The molecule has 2 heteroatoms. The van der Waals surface area contributed by atoms with E-state index in [1.165, 1.54) is 5.56 Å². The third-order valence-corrected chi connectivity index (χ3v) is 2.65. The lowest BCUT2D eigenvalue weighted by Gasteiger charge is -2.01. The molecular formula is C17H16O2. The molecule has 0 aliphatic heterocycles. The summed E-state index contributed by atoms with van der Waals surface area (Å²) in [5.74, 6) is 0.325. The Kier molecular flexibility index (Phi) is 4.51. The van der Waals surface area contributed by atoms with Crippen molar-refractivity contribution in [3.63, 3.8) is 0 Å². The van der Waals surface area contributed by atoms with E-state index >= 15 is 0 Å². The average Bonchev–Trinajstić information content (AvgIpc) is 2.42. The smallest absolute Gasteiger partial charge is 0.315 e. The Balaban J connectivity index is 1.85. The second kappa shape index (κ2) is 6.55.